The highest BCUT2D eigenvalue weighted by Crippen LogP contribution is 1.93. The van der Waals surface area contributed by atoms with Crippen molar-refractivity contribution in [1.29, 1.82) is 0 Å². The lowest BCUT2D eigenvalue weighted by Crippen LogP contribution is -2.03. The third kappa shape index (κ3) is 3.72. The van der Waals surface area contributed by atoms with E-state index in [1.807, 2.05) is 0 Å². The Hall–Kier alpha value is -1.36. The first-order chi connectivity index (χ1) is 5.29. The molecule has 5 heteroatoms. The summed E-state index contributed by atoms with van der Waals surface area (Å²) in [6, 6.07) is 0. The first kappa shape index (κ1) is 10.6. The van der Waals surface area contributed by atoms with E-state index in [4.69, 9.17) is 0 Å². The Morgan fingerprint density at radius 3 is 1.83 bits per heavy atom. The number of esters is 2. The number of carbonyl (C=O) groups is 2. The number of hydrogen-bond donors (Lipinski definition) is 0. The van der Waals surface area contributed by atoms with Gasteiger partial charge in [-0.1, -0.05) is 0 Å². The molecule has 0 spiro atoms. The Morgan fingerprint density at radius 2 is 1.42 bits per heavy atom. The third-order valence-electron chi connectivity index (χ3n) is 1.13. The van der Waals surface area contributed by atoms with Gasteiger partial charge in [0.05, 0.1) is 13.2 Å². The molecule has 1 aliphatic heterocycles. The van der Waals surface area contributed by atoms with Crippen LogP contribution in [0.1, 0.15) is 6.42 Å². The second-order valence-electron chi connectivity index (χ2n) is 2.02. The average molecular weight is 174 g/mol. The molecular weight excluding hydrogens is 164 g/mol. The molecule has 0 atom stereocenters. The lowest BCUT2D eigenvalue weighted by Gasteiger charge is -1.99. The van der Waals surface area contributed by atoms with Gasteiger partial charge in [0, 0.05) is 18.6 Å². The molecule has 0 amide bonds. The number of hydrogen-bond acceptors (Lipinski definition) is 4. The van der Waals surface area contributed by atoms with Crippen LogP contribution in [0.2, 0.25) is 0 Å². The molecule has 0 aromatic heterocycles. The van der Waals surface area contributed by atoms with Gasteiger partial charge < -0.3 is 14.9 Å². The van der Waals surface area contributed by atoms with Gasteiger partial charge in [-0.2, -0.15) is 0 Å². The Kier molecular flexibility index (Phi) is 4.71. The molecule has 5 nitrogen and oxygen atoms in total. The molecule has 0 aromatic rings. The molecule has 0 saturated carbocycles. The van der Waals surface area contributed by atoms with Crippen molar-refractivity contribution in [3.63, 3.8) is 0 Å². The molecule has 12 heavy (non-hydrogen) atoms. The van der Waals surface area contributed by atoms with E-state index in [2.05, 4.69) is 9.47 Å². The summed E-state index contributed by atoms with van der Waals surface area (Å²) in [7, 11) is 0. The normalized spacial score (nSPS) is 20.3. The fourth-order valence-corrected chi connectivity index (χ4v) is 0.637. The lowest BCUT2D eigenvalue weighted by molar-refractivity contribution is -0.138. The van der Waals surface area contributed by atoms with Crippen LogP contribution in [0.25, 0.3) is 0 Å². The maximum absolute atomic E-state index is 10.6. The molecule has 0 fully saturated rings. The van der Waals surface area contributed by atoms with Crippen molar-refractivity contribution in [1.82, 2.24) is 0 Å². The molecule has 0 aromatic carbocycles. The zero-order valence-corrected chi connectivity index (χ0v) is 6.41. The van der Waals surface area contributed by atoms with Crippen molar-refractivity contribution in [2.75, 3.05) is 13.2 Å². The number of ether oxygens (including phenoxy) is 2. The number of carbonyl (C=O) groups excluding carboxylic acids is 2. The minimum Gasteiger partial charge on any atom is -0.462 e. The van der Waals surface area contributed by atoms with Crippen LogP contribution in [0.15, 0.2) is 12.2 Å². The maximum atomic E-state index is 10.6. The predicted octanol–water partition coefficient (Wildman–Crippen LogP) is -0.792. The molecule has 1 rings (SSSR count). The first-order valence-corrected chi connectivity index (χ1v) is 3.30. The van der Waals surface area contributed by atoms with E-state index in [0.717, 1.165) is 12.2 Å². The summed E-state index contributed by atoms with van der Waals surface area (Å²) >= 11 is 0. The standard InChI is InChI=1S/C7H8O4.H2O/c8-6-2-3-7(9)11-5-1-4-10-6;/h2-3H,1,4-5H2;1H2/b3-2+;. The summed E-state index contributed by atoms with van der Waals surface area (Å²) in [5, 5.41) is 0. The monoisotopic (exact) mass is 174 g/mol. The van der Waals surface area contributed by atoms with Crippen LogP contribution in [0.4, 0.5) is 0 Å². The Bertz CT molecular complexity index is 176. The van der Waals surface area contributed by atoms with Crippen LogP contribution in [0.3, 0.4) is 0 Å². The Morgan fingerprint density at radius 1 is 1.00 bits per heavy atom. The molecule has 0 bridgehead atoms. The summed E-state index contributed by atoms with van der Waals surface area (Å²) in [5.41, 5.74) is 0. The van der Waals surface area contributed by atoms with Gasteiger partial charge in [-0.05, 0) is 0 Å². The van der Waals surface area contributed by atoms with Crippen molar-refractivity contribution in [3.05, 3.63) is 12.2 Å². The van der Waals surface area contributed by atoms with E-state index in [1.54, 1.807) is 0 Å². The molecule has 1 aliphatic rings. The quantitative estimate of drug-likeness (QED) is 0.450. The molecule has 0 radical (unpaired) electrons. The third-order valence-corrected chi connectivity index (χ3v) is 1.13. The topological polar surface area (TPSA) is 84.1 Å². The highest BCUT2D eigenvalue weighted by atomic mass is 16.5. The summed E-state index contributed by atoms with van der Waals surface area (Å²) in [6.07, 6.45) is 2.68. The van der Waals surface area contributed by atoms with Gasteiger partial charge in [-0.15, -0.1) is 0 Å². The highest BCUT2D eigenvalue weighted by molar-refractivity contribution is 5.91. The van der Waals surface area contributed by atoms with Crippen LogP contribution in [0, 0.1) is 0 Å². The smallest absolute Gasteiger partial charge is 0.331 e. The summed E-state index contributed by atoms with van der Waals surface area (Å²) in [4.78, 5) is 21.2. The van der Waals surface area contributed by atoms with Crippen LogP contribution >= 0.6 is 0 Å². The minimum atomic E-state index is -0.496. The van der Waals surface area contributed by atoms with Crippen LogP contribution < -0.4 is 0 Å². The molecular formula is C7H10O5. The maximum Gasteiger partial charge on any atom is 0.331 e. The summed E-state index contributed by atoms with van der Waals surface area (Å²) < 4.78 is 9.31. The van der Waals surface area contributed by atoms with E-state index in [1.165, 1.54) is 0 Å². The minimum absolute atomic E-state index is 0. The average Bonchev–Trinajstić information content (AvgIpc) is 2.06. The van der Waals surface area contributed by atoms with Gasteiger partial charge in [-0.25, -0.2) is 9.59 Å². The fourth-order valence-electron chi connectivity index (χ4n) is 0.637. The van der Waals surface area contributed by atoms with E-state index in [-0.39, 0.29) is 5.48 Å². The van der Waals surface area contributed by atoms with Crippen molar-refractivity contribution in [3.8, 4) is 0 Å². The molecule has 2 N–H and O–H groups in total. The SMILES string of the molecule is O.O=C1/C=C/C(=O)OCCCO1. The van der Waals surface area contributed by atoms with E-state index >= 15 is 0 Å². The second kappa shape index (κ2) is 5.31. The van der Waals surface area contributed by atoms with Crippen molar-refractivity contribution < 1.29 is 24.5 Å². The number of cyclic esters (lactones) is 2. The van der Waals surface area contributed by atoms with E-state index in [9.17, 15) is 9.59 Å². The molecule has 1 heterocycles. The Labute approximate surface area is 69.3 Å². The van der Waals surface area contributed by atoms with Crippen LogP contribution in [0.5, 0.6) is 0 Å². The summed E-state index contributed by atoms with van der Waals surface area (Å²) in [6.45, 7) is 0.604. The summed E-state index contributed by atoms with van der Waals surface area (Å²) in [5.74, 6) is -0.993. The fraction of sp³-hybridized carbons (Fsp3) is 0.429. The van der Waals surface area contributed by atoms with E-state index in [0.29, 0.717) is 19.6 Å². The van der Waals surface area contributed by atoms with Gasteiger partial charge in [0.25, 0.3) is 0 Å². The van der Waals surface area contributed by atoms with Crippen molar-refractivity contribution in [2.45, 2.75) is 6.42 Å². The Balaban J connectivity index is 0.00000121. The molecule has 68 valence electrons. The zero-order chi connectivity index (χ0) is 8.10. The van der Waals surface area contributed by atoms with Crippen LogP contribution in [-0.2, 0) is 19.1 Å². The largest absolute Gasteiger partial charge is 0.462 e. The molecule has 0 aliphatic carbocycles. The van der Waals surface area contributed by atoms with Crippen molar-refractivity contribution in [2.24, 2.45) is 0 Å². The van der Waals surface area contributed by atoms with E-state index < -0.39 is 11.9 Å². The van der Waals surface area contributed by atoms with Gasteiger partial charge in [0.15, 0.2) is 0 Å². The predicted molar refractivity (Wildman–Crippen MR) is 39.3 cm³/mol. The second-order valence-corrected chi connectivity index (χ2v) is 2.02. The first-order valence-electron chi connectivity index (χ1n) is 3.30. The molecule has 0 unspecified atom stereocenters. The van der Waals surface area contributed by atoms with Gasteiger partial charge >= 0.3 is 11.9 Å². The van der Waals surface area contributed by atoms with Crippen molar-refractivity contribution >= 4 is 11.9 Å². The zero-order valence-electron chi connectivity index (χ0n) is 6.41. The highest BCUT2D eigenvalue weighted by Gasteiger charge is 2.03. The van der Waals surface area contributed by atoms with Crippen LogP contribution in [-0.4, -0.2) is 30.6 Å². The van der Waals surface area contributed by atoms with Gasteiger partial charge in [0.1, 0.15) is 0 Å². The lowest BCUT2D eigenvalue weighted by atomic mass is 10.5. The van der Waals surface area contributed by atoms with Gasteiger partial charge in [0.2, 0.25) is 0 Å². The van der Waals surface area contributed by atoms with Gasteiger partial charge in [-0.3, -0.25) is 0 Å². The molecule has 0 saturated heterocycles. The number of rotatable bonds is 0.